The maximum atomic E-state index is 11.5. The zero-order chi connectivity index (χ0) is 11.3. The summed E-state index contributed by atoms with van der Waals surface area (Å²) in [6.45, 7) is 4.23. The highest BCUT2D eigenvalue weighted by molar-refractivity contribution is 5.78. The van der Waals surface area contributed by atoms with Crippen molar-refractivity contribution in [3.63, 3.8) is 0 Å². The number of nitrogens with one attached hydrogen (secondary N) is 1. The number of hydrogen-bond acceptors (Lipinski definition) is 3. The molecule has 0 spiro atoms. The van der Waals surface area contributed by atoms with Gasteiger partial charge in [0.2, 0.25) is 5.91 Å². The minimum Gasteiger partial charge on any atom is -0.354 e. The smallest absolute Gasteiger partial charge is 0.224 e. The second-order valence-corrected chi connectivity index (χ2v) is 4.30. The summed E-state index contributed by atoms with van der Waals surface area (Å²) in [6.07, 6.45) is 3.73. The lowest BCUT2D eigenvalue weighted by atomic mass is 10.1. The van der Waals surface area contributed by atoms with Crippen LogP contribution in [0.15, 0.2) is 24.5 Å². The molecule has 4 heteroatoms. The second-order valence-electron chi connectivity index (χ2n) is 4.30. The number of carbonyl (C=O) groups excluding carboxylic acids is 1. The minimum atomic E-state index is -0.367. The van der Waals surface area contributed by atoms with Gasteiger partial charge in [0.15, 0.2) is 0 Å². The Bertz CT molecular complexity index is 316. The largest absolute Gasteiger partial charge is 0.354 e. The van der Waals surface area contributed by atoms with Crippen LogP contribution in [0.1, 0.15) is 19.4 Å². The first kappa shape index (κ1) is 11.7. The molecule has 0 aliphatic rings. The number of nitrogens with two attached hydrogens (primary N) is 1. The monoisotopic (exact) mass is 207 g/mol. The third kappa shape index (κ3) is 5.12. The fraction of sp³-hybridized carbons (Fsp3) is 0.455. The minimum absolute atomic E-state index is 0.0141. The Morgan fingerprint density at radius 3 is 2.60 bits per heavy atom. The van der Waals surface area contributed by atoms with Crippen LogP contribution in [0.5, 0.6) is 0 Å². The van der Waals surface area contributed by atoms with Gasteiger partial charge < -0.3 is 11.1 Å². The van der Waals surface area contributed by atoms with E-state index < -0.39 is 0 Å². The van der Waals surface area contributed by atoms with Crippen molar-refractivity contribution in [2.24, 2.45) is 5.73 Å². The molecule has 1 aromatic rings. The van der Waals surface area contributed by atoms with Crippen molar-refractivity contribution in [2.75, 3.05) is 6.54 Å². The molecule has 0 aromatic carbocycles. The van der Waals surface area contributed by atoms with Crippen molar-refractivity contribution in [1.82, 2.24) is 10.3 Å². The first-order valence-electron chi connectivity index (χ1n) is 4.92. The van der Waals surface area contributed by atoms with Crippen LogP contribution in [-0.4, -0.2) is 23.0 Å². The summed E-state index contributed by atoms with van der Waals surface area (Å²) in [7, 11) is 0. The Labute approximate surface area is 89.9 Å². The molecular weight excluding hydrogens is 190 g/mol. The molecule has 4 nitrogen and oxygen atoms in total. The number of nitrogens with zero attached hydrogens (tertiary/aromatic N) is 1. The molecule has 0 atom stereocenters. The maximum absolute atomic E-state index is 11.5. The van der Waals surface area contributed by atoms with Crippen molar-refractivity contribution in [1.29, 1.82) is 0 Å². The van der Waals surface area contributed by atoms with E-state index in [9.17, 15) is 4.79 Å². The fourth-order valence-electron chi connectivity index (χ4n) is 1.07. The lowest BCUT2D eigenvalue weighted by Gasteiger charge is -2.18. The van der Waals surface area contributed by atoms with Gasteiger partial charge in [-0.2, -0.15) is 0 Å². The van der Waals surface area contributed by atoms with Crippen molar-refractivity contribution in [3.8, 4) is 0 Å². The van der Waals surface area contributed by atoms with Gasteiger partial charge in [-0.3, -0.25) is 9.78 Å². The highest BCUT2D eigenvalue weighted by atomic mass is 16.1. The van der Waals surface area contributed by atoms with E-state index in [2.05, 4.69) is 10.3 Å². The topological polar surface area (TPSA) is 68.0 Å². The summed E-state index contributed by atoms with van der Waals surface area (Å²) in [4.78, 5) is 15.4. The summed E-state index contributed by atoms with van der Waals surface area (Å²) >= 11 is 0. The number of aromatic nitrogens is 1. The number of hydrogen-bond donors (Lipinski definition) is 2. The predicted octanol–water partition coefficient (Wildman–Crippen LogP) is 0.478. The van der Waals surface area contributed by atoms with Crippen LogP contribution in [0.25, 0.3) is 0 Å². The average Bonchev–Trinajstić information content (AvgIpc) is 2.15. The van der Waals surface area contributed by atoms with Crippen molar-refractivity contribution in [3.05, 3.63) is 30.1 Å². The number of rotatable bonds is 4. The van der Waals surface area contributed by atoms with Crippen LogP contribution in [0.3, 0.4) is 0 Å². The maximum Gasteiger partial charge on any atom is 0.224 e. The summed E-state index contributed by atoms with van der Waals surface area (Å²) in [5, 5.41) is 2.79. The van der Waals surface area contributed by atoms with Crippen LogP contribution < -0.4 is 11.1 Å². The zero-order valence-electron chi connectivity index (χ0n) is 9.16. The normalized spacial score (nSPS) is 11.1. The third-order valence-electron chi connectivity index (χ3n) is 1.86. The molecule has 0 aliphatic heterocycles. The van der Waals surface area contributed by atoms with E-state index in [1.54, 1.807) is 12.4 Å². The molecule has 1 rings (SSSR count). The molecule has 0 bridgehead atoms. The van der Waals surface area contributed by atoms with Crippen molar-refractivity contribution in [2.45, 2.75) is 25.8 Å². The van der Waals surface area contributed by atoms with Crippen molar-refractivity contribution < 1.29 is 4.79 Å². The van der Waals surface area contributed by atoms with E-state index in [0.29, 0.717) is 13.0 Å². The highest BCUT2D eigenvalue weighted by Crippen LogP contribution is 1.98. The van der Waals surface area contributed by atoms with Crippen LogP contribution in [0, 0.1) is 0 Å². The van der Waals surface area contributed by atoms with Gasteiger partial charge in [0.1, 0.15) is 0 Å². The van der Waals surface area contributed by atoms with Gasteiger partial charge in [-0.25, -0.2) is 0 Å². The molecule has 0 saturated heterocycles. The lowest BCUT2D eigenvalue weighted by molar-refractivity contribution is -0.120. The molecule has 0 radical (unpaired) electrons. The van der Waals surface area contributed by atoms with Gasteiger partial charge >= 0.3 is 0 Å². The molecule has 0 unspecified atom stereocenters. The molecule has 3 N–H and O–H groups in total. The van der Waals surface area contributed by atoms with Gasteiger partial charge in [-0.1, -0.05) is 0 Å². The van der Waals surface area contributed by atoms with Crippen LogP contribution in [0.2, 0.25) is 0 Å². The lowest BCUT2D eigenvalue weighted by Crippen LogP contribution is -2.45. The van der Waals surface area contributed by atoms with Gasteiger partial charge in [-0.15, -0.1) is 0 Å². The quantitative estimate of drug-likeness (QED) is 0.754. The summed E-state index contributed by atoms with van der Waals surface area (Å²) in [5.41, 5.74) is 6.34. The standard InChI is InChI=1S/C11H17N3O/c1-11(2,12)8-14-10(15)7-9-3-5-13-6-4-9/h3-6H,7-8,12H2,1-2H3,(H,14,15). The molecular formula is C11H17N3O. The van der Waals surface area contributed by atoms with Crippen LogP contribution in [-0.2, 0) is 11.2 Å². The first-order chi connectivity index (χ1) is 6.97. The van der Waals surface area contributed by atoms with Crippen molar-refractivity contribution >= 4 is 5.91 Å². The molecule has 82 valence electrons. The number of carbonyl (C=O) groups is 1. The van der Waals surface area contributed by atoms with E-state index in [1.807, 2.05) is 26.0 Å². The molecule has 0 aliphatic carbocycles. The zero-order valence-corrected chi connectivity index (χ0v) is 9.16. The fourth-order valence-corrected chi connectivity index (χ4v) is 1.07. The molecule has 0 fully saturated rings. The van der Waals surface area contributed by atoms with Gasteiger partial charge in [0.25, 0.3) is 0 Å². The van der Waals surface area contributed by atoms with E-state index in [1.165, 1.54) is 0 Å². The number of pyridine rings is 1. The molecule has 1 amide bonds. The molecule has 1 heterocycles. The second kappa shape index (κ2) is 4.89. The summed E-state index contributed by atoms with van der Waals surface area (Å²) < 4.78 is 0. The number of amides is 1. The Morgan fingerprint density at radius 2 is 2.07 bits per heavy atom. The van der Waals surface area contributed by atoms with Gasteiger partial charge in [-0.05, 0) is 31.5 Å². The highest BCUT2D eigenvalue weighted by Gasteiger charge is 2.12. The SMILES string of the molecule is CC(C)(N)CNC(=O)Cc1ccncc1. The van der Waals surface area contributed by atoms with E-state index in [-0.39, 0.29) is 11.4 Å². The van der Waals surface area contributed by atoms with E-state index in [0.717, 1.165) is 5.56 Å². The summed E-state index contributed by atoms with van der Waals surface area (Å²) in [5.74, 6) is -0.0141. The molecule has 15 heavy (non-hydrogen) atoms. The first-order valence-corrected chi connectivity index (χ1v) is 4.92. The molecule has 0 saturated carbocycles. The van der Waals surface area contributed by atoms with E-state index in [4.69, 9.17) is 5.73 Å². The van der Waals surface area contributed by atoms with E-state index >= 15 is 0 Å². The Balaban J connectivity index is 2.38. The Hall–Kier alpha value is -1.42. The third-order valence-corrected chi connectivity index (χ3v) is 1.86. The summed E-state index contributed by atoms with van der Waals surface area (Å²) in [6, 6.07) is 3.65. The Morgan fingerprint density at radius 1 is 1.47 bits per heavy atom. The van der Waals surface area contributed by atoms with Crippen LogP contribution in [0.4, 0.5) is 0 Å². The predicted molar refractivity (Wildman–Crippen MR) is 59.2 cm³/mol. The van der Waals surface area contributed by atoms with Gasteiger partial charge in [0.05, 0.1) is 6.42 Å². The van der Waals surface area contributed by atoms with Gasteiger partial charge in [0, 0.05) is 24.5 Å². The Kier molecular flexibility index (Phi) is 3.80. The molecule has 1 aromatic heterocycles. The van der Waals surface area contributed by atoms with Crippen LogP contribution >= 0.6 is 0 Å². The average molecular weight is 207 g/mol.